The van der Waals surface area contributed by atoms with Gasteiger partial charge in [-0.15, -0.1) is 0 Å². The van der Waals surface area contributed by atoms with Crippen molar-refractivity contribution < 1.29 is 17.9 Å². The topological polar surface area (TPSA) is 75.7 Å². The Morgan fingerprint density at radius 3 is 2.12 bits per heavy atom. The second-order valence-electron chi connectivity index (χ2n) is 7.41. The lowest BCUT2D eigenvalue weighted by atomic mass is 10.1. The zero-order chi connectivity index (χ0) is 23.3. The van der Waals surface area contributed by atoms with Crippen LogP contribution in [0.25, 0.3) is 0 Å². The fraction of sp³-hybridized carbons (Fsp3) is 0.208. The molecule has 1 atom stereocenters. The normalized spacial score (nSPS) is 12.1. The quantitative estimate of drug-likeness (QED) is 0.510. The van der Waals surface area contributed by atoms with Crippen LogP contribution in [-0.2, 0) is 16.6 Å². The van der Waals surface area contributed by atoms with Gasteiger partial charge in [-0.1, -0.05) is 35.9 Å². The first-order valence-electron chi connectivity index (χ1n) is 9.94. The number of sulfonamides is 1. The average molecular weight is 473 g/mol. The maximum atomic E-state index is 12.7. The van der Waals surface area contributed by atoms with Crippen molar-refractivity contribution >= 4 is 33.2 Å². The lowest BCUT2D eigenvalue weighted by Gasteiger charge is -2.23. The van der Waals surface area contributed by atoms with E-state index in [1.165, 1.54) is 4.31 Å². The molecule has 3 aromatic carbocycles. The van der Waals surface area contributed by atoms with Crippen LogP contribution in [0.1, 0.15) is 34.5 Å². The Morgan fingerprint density at radius 1 is 1.00 bits per heavy atom. The molecule has 0 bridgehead atoms. The molecule has 0 aromatic heterocycles. The minimum absolute atomic E-state index is 0.163. The predicted octanol–water partition coefficient (Wildman–Crippen LogP) is 4.81. The molecular formula is C24H25ClN2O4S. The summed E-state index contributed by atoms with van der Waals surface area (Å²) in [5.41, 5.74) is 2.66. The number of carbonyl (C=O) groups excluding carboxylic acids is 1. The summed E-state index contributed by atoms with van der Waals surface area (Å²) < 4.78 is 31.2. The largest absolute Gasteiger partial charge is 0.497 e. The van der Waals surface area contributed by atoms with Crippen LogP contribution in [0.15, 0.2) is 72.8 Å². The van der Waals surface area contributed by atoms with Gasteiger partial charge in [-0.3, -0.25) is 9.10 Å². The zero-order valence-corrected chi connectivity index (χ0v) is 19.7. The molecule has 0 spiro atoms. The molecule has 1 N–H and O–H groups in total. The minimum atomic E-state index is -3.53. The van der Waals surface area contributed by atoms with Gasteiger partial charge < -0.3 is 10.1 Å². The number of rotatable bonds is 8. The van der Waals surface area contributed by atoms with E-state index in [0.29, 0.717) is 16.3 Å². The van der Waals surface area contributed by atoms with Crippen molar-refractivity contribution in [3.63, 3.8) is 0 Å². The van der Waals surface area contributed by atoms with Gasteiger partial charge in [0.25, 0.3) is 5.91 Å². The number of benzene rings is 3. The molecule has 1 amide bonds. The number of hydrogen-bond acceptors (Lipinski definition) is 4. The molecular weight excluding hydrogens is 448 g/mol. The lowest BCUT2D eigenvalue weighted by molar-refractivity contribution is 0.0940. The third-order valence-electron chi connectivity index (χ3n) is 5.02. The van der Waals surface area contributed by atoms with Crippen LogP contribution in [0.2, 0.25) is 5.02 Å². The number of methoxy groups -OCH3 is 1. The number of nitrogens with one attached hydrogen (secondary N) is 1. The van der Waals surface area contributed by atoms with Crippen molar-refractivity contribution in [1.82, 2.24) is 5.32 Å². The monoisotopic (exact) mass is 472 g/mol. The summed E-state index contributed by atoms with van der Waals surface area (Å²) in [5.74, 6) is 0.500. The zero-order valence-electron chi connectivity index (χ0n) is 18.1. The first-order valence-corrected chi connectivity index (χ1v) is 12.2. The van der Waals surface area contributed by atoms with E-state index in [-0.39, 0.29) is 18.5 Å². The van der Waals surface area contributed by atoms with E-state index in [0.717, 1.165) is 23.1 Å². The third kappa shape index (κ3) is 6.02. The second kappa shape index (κ2) is 10.1. The van der Waals surface area contributed by atoms with Gasteiger partial charge in [-0.05, 0) is 66.6 Å². The molecule has 0 unspecified atom stereocenters. The Bertz CT molecular complexity index is 1160. The molecule has 0 aliphatic carbocycles. The van der Waals surface area contributed by atoms with Gasteiger partial charge in [0.1, 0.15) is 5.75 Å². The fourth-order valence-electron chi connectivity index (χ4n) is 3.19. The van der Waals surface area contributed by atoms with Crippen molar-refractivity contribution in [2.24, 2.45) is 0 Å². The second-order valence-corrected chi connectivity index (χ2v) is 9.75. The molecule has 0 aliphatic rings. The number of carbonyl (C=O) groups is 1. The number of hydrogen-bond donors (Lipinski definition) is 1. The van der Waals surface area contributed by atoms with Crippen molar-refractivity contribution in [3.05, 3.63) is 94.5 Å². The van der Waals surface area contributed by atoms with E-state index in [1.54, 1.807) is 55.6 Å². The number of halogens is 1. The summed E-state index contributed by atoms with van der Waals surface area (Å²) in [6.07, 6.45) is 1.15. The van der Waals surface area contributed by atoms with Crippen LogP contribution in [-0.4, -0.2) is 27.7 Å². The molecule has 0 radical (unpaired) electrons. The molecule has 0 heterocycles. The van der Waals surface area contributed by atoms with E-state index in [9.17, 15) is 13.2 Å². The van der Waals surface area contributed by atoms with Gasteiger partial charge >= 0.3 is 0 Å². The van der Waals surface area contributed by atoms with Gasteiger partial charge in [0.15, 0.2) is 0 Å². The van der Waals surface area contributed by atoms with Crippen LogP contribution in [0.4, 0.5) is 5.69 Å². The molecule has 3 rings (SSSR count). The summed E-state index contributed by atoms with van der Waals surface area (Å²) >= 11 is 5.92. The van der Waals surface area contributed by atoms with Crippen LogP contribution in [0, 0.1) is 0 Å². The van der Waals surface area contributed by atoms with Crippen molar-refractivity contribution in [1.29, 1.82) is 0 Å². The van der Waals surface area contributed by atoms with Gasteiger partial charge in [-0.25, -0.2) is 8.42 Å². The highest BCUT2D eigenvalue weighted by Crippen LogP contribution is 2.23. The molecule has 0 aliphatic heterocycles. The highest BCUT2D eigenvalue weighted by molar-refractivity contribution is 7.92. The van der Waals surface area contributed by atoms with Crippen LogP contribution >= 0.6 is 11.6 Å². The van der Waals surface area contributed by atoms with Crippen molar-refractivity contribution in [2.45, 2.75) is 19.5 Å². The molecule has 0 saturated heterocycles. The number of ether oxygens (including phenoxy) is 1. The fourth-order valence-corrected chi connectivity index (χ4v) is 4.20. The Balaban J connectivity index is 1.73. The first-order chi connectivity index (χ1) is 15.2. The van der Waals surface area contributed by atoms with E-state index in [1.807, 2.05) is 31.2 Å². The molecule has 0 fully saturated rings. The SMILES string of the molecule is COc1ccc([C@@H](C)NC(=O)c2ccc(N(Cc3ccc(Cl)cc3)S(C)(=O)=O)cc2)cc1. The van der Waals surface area contributed by atoms with Crippen molar-refractivity contribution in [3.8, 4) is 5.75 Å². The highest BCUT2D eigenvalue weighted by Gasteiger charge is 2.19. The Morgan fingerprint density at radius 2 is 1.59 bits per heavy atom. The molecule has 8 heteroatoms. The summed E-state index contributed by atoms with van der Waals surface area (Å²) in [6.45, 7) is 2.06. The van der Waals surface area contributed by atoms with Gasteiger partial charge in [0.05, 0.1) is 31.6 Å². The van der Waals surface area contributed by atoms with E-state index < -0.39 is 10.0 Å². The average Bonchev–Trinajstić information content (AvgIpc) is 2.78. The predicted molar refractivity (Wildman–Crippen MR) is 128 cm³/mol. The number of anilines is 1. The first kappa shape index (κ1) is 23.6. The standard InChI is InChI=1S/C24H25ClN2O4S/c1-17(19-8-14-23(31-2)15-9-19)26-24(28)20-6-12-22(13-7-20)27(32(3,29)30)16-18-4-10-21(25)11-5-18/h4-15,17H,16H2,1-3H3,(H,26,28)/t17-/m1/s1. The Kier molecular flexibility index (Phi) is 7.43. The van der Waals surface area contributed by atoms with Gasteiger partial charge in [0, 0.05) is 10.6 Å². The Hall–Kier alpha value is -3.03. The van der Waals surface area contributed by atoms with Gasteiger partial charge in [0.2, 0.25) is 10.0 Å². The lowest BCUT2D eigenvalue weighted by Crippen LogP contribution is -2.29. The molecule has 0 saturated carbocycles. The molecule has 6 nitrogen and oxygen atoms in total. The van der Waals surface area contributed by atoms with Gasteiger partial charge in [-0.2, -0.15) is 0 Å². The van der Waals surface area contributed by atoms with E-state index in [4.69, 9.17) is 16.3 Å². The highest BCUT2D eigenvalue weighted by atomic mass is 35.5. The maximum Gasteiger partial charge on any atom is 0.251 e. The van der Waals surface area contributed by atoms with Crippen LogP contribution in [0.3, 0.4) is 0 Å². The van der Waals surface area contributed by atoms with Crippen LogP contribution < -0.4 is 14.4 Å². The molecule has 32 heavy (non-hydrogen) atoms. The smallest absolute Gasteiger partial charge is 0.251 e. The maximum absolute atomic E-state index is 12.7. The van der Waals surface area contributed by atoms with Crippen molar-refractivity contribution in [2.75, 3.05) is 17.7 Å². The number of amides is 1. The van der Waals surface area contributed by atoms with E-state index in [2.05, 4.69) is 5.32 Å². The molecule has 168 valence electrons. The summed E-state index contributed by atoms with van der Waals surface area (Å²) in [6, 6.07) is 20.8. The summed E-state index contributed by atoms with van der Waals surface area (Å²) in [7, 11) is -1.93. The molecule has 3 aromatic rings. The summed E-state index contributed by atoms with van der Waals surface area (Å²) in [5, 5.41) is 3.53. The van der Waals surface area contributed by atoms with Crippen LogP contribution in [0.5, 0.6) is 5.75 Å². The Labute approximate surface area is 193 Å². The van der Waals surface area contributed by atoms with E-state index >= 15 is 0 Å². The number of nitrogens with zero attached hydrogens (tertiary/aromatic N) is 1. The minimum Gasteiger partial charge on any atom is -0.497 e. The summed E-state index contributed by atoms with van der Waals surface area (Å²) in [4.78, 5) is 12.7. The third-order valence-corrected chi connectivity index (χ3v) is 6.41.